The lowest BCUT2D eigenvalue weighted by Crippen LogP contribution is -2.15. The van der Waals surface area contributed by atoms with Crippen molar-refractivity contribution in [3.8, 4) is 0 Å². The highest BCUT2D eigenvalue weighted by Gasteiger charge is 2.16. The Balaban J connectivity index is 1.37. The highest BCUT2D eigenvalue weighted by Crippen LogP contribution is 2.36. The van der Waals surface area contributed by atoms with Crippen LogP contribution in [0.5, 0.6) is 0 Å². The molecule has 0 spiro atoms. The van der Waals surface area contributed by atoms with Gasteiger partial charge in [0.05, 0.1) is 17.1 Å². The minimum Gasteiger partial charge on any atom is -0.377 e. The molecular formula is C39H32N2. The van der Waals surface area contributed by atoms with Crippen molar-refractivity contribution in [2.45, 2.75) is 25.9 Å². The first-order chi connectivity index (χ1) is 20.2. The molecule has 0 bridgehead atoms. The summed E-state index contributed by atoms with van der Waals surface area (Å²) in [6, 6.07) is 49.8. The normalized spacial score (nSPS) is 13.6. The molecule has 7 aromatic rings. The van der Waals surface area contributed by atoms with Crippen LogP contribution >= 0.6 is 0 Å². The summed E-state index contributed by atoms with van der Waals surface area (Å²) in [5.41, 5.74) is 3.60. The molecule has 2 atom stereocenters. The van der Waals surface area contributed by atoms with E-state index in [0.29, 0.717) is 0 Å². The summed E-state index contributed by atoms with van der Waals surface area (Å²) in [6.45, 7) is 4.47. The second-order valence-electron chi connectivity index (χ2n) is 10.8. The molecular weight excluding hydrogens is 496 g/mol. The first-order valence-corrected chi connectivity index (χ1v) is 14.4. The summed E-state index contributed by atoms with van der Waals surface area (Å²) in [6.07, 6.45) is 0. The molecule has 0 unspecified atom stereocenters. The molecule has 2 nitrogen and oxygen atoms in total. The van der Waals surface area contributed by atoms with Crippen molar-refractivity contribution in [3.05, 3.63) is 156 Å². The fraction of sp³-hybridized carbons (Fsp3) is 0.103. The van der Waals surface area contributed by atoms with Gasteiger partial charge in [0.1, 0.15) is 0 Å². The Kier molecular flexibility index (Phi) is 6.45. The molecule has 198 valence electrons. The highest BCUT2D eigenvalue weighted by atomic mass is 14.9. The lowest BCUT2D eigenvalue weighted by Gasteiger charge is -2.21. The molecule has 7 aromatic carbocycles. The van der Waals surface area contributed by atoms with Gasteiger partial charge in [0.25, 0.3) is 0 Å². The van der Waals surface area contributed by atoms with Gasteiger partial charge in [-0.05, 0) is 92.3 Å². The molecule has 0 heterocycles. The van der Waals surface area contributed by atoms with E-state index in [2.05, 4.69) is 159 Å². The number of rotatable bonds is 5. The Bertz CT molecular complexity index is 2020. The van der Waals surface area contributed by atoms with Crippen LogP contribution in [0.15, 0.2) is 145 Å². The fourth-order valence-electron chi connectivity index (χ4n) is 6.37. The molecule has 0 radical (unpaired) electrons. The number of anilines is 1. The number of nitrogens with one attached hydrogen (secondary N) is 1. The molecule has 41 heavy (non-hydrogen) atoms. The molecule has 0 saturated heterocycles. The molecule has 0 fully saturated rings. The van der Waals surface area contributed by atoms with Crippen molar-refractivity contribution < 1.29 is 0 Å². The zero-order chi connectivity index (χ0) is 27.8. The zero-order valence-electron chi connectivity index (χ0n) is 23.4. The maximum Gasteiger partial charge on any atom is 0.0813 e. The topological polar surface area (TPSA) is 24.4 Å². The quantitative estimate of drug-likeness (QED) is 0.221. The first-order valence-electron chi connectivity index (χ1n) is 14.4. The summed E-state index contributed by atoms with van der Waals surface area (Å²) in [5.74, 6) is 0. The van der Waals surface area contributed by atoms with Gasteiger partial charge in [-0.15, -0.1) is 0 Å². The van der Waals surface area contributed by atoms with Crippen LogP contribution in [0.2, 0.25) is 0 Å². The van der Waals surface area contributed by atoms with Crippen LogP contribution < -0.4 is 10.7 Å². The predicted octanol–water partition coefficient (Wildman–Crippen LogP) is 10.1. The number of benzene rings is 6. The minimum absolute atomic E-state index is 0.0392. The Labute approximate surface area is 240 Å². The summed E-state index contributed by atoms with van der Waals surface area (Å²) >= 11 is 0. The lowest BCUT2D eigenvalue weighted by atomic mass is 9.92. The van der Waals surface area contributed by atoms with Crippen LogP contribution in [-0.2, 0) is 0 Å². The third kappa shape index (κ3) is 4.62. The van der Waals surface area contributed by atoms with Crippen molar-refractivity contribution in [2.24, 2.45) is 4.99 Å². The third-order valence-corrected chi connectivity index (χ3v) is 8.20. The van der Waals surface area contributed by atoms with Gasteiger partial charge < -0.3 is 5.32 Å². The highest BCUT2D eigenvalue weighted by molar-refractivity contribution is 6.03. The monoisotopic (exact) mass is 528 g/mol. The van der Waals surface area contributed by atoms with Gasteiger partial charge in [-0.1, -0.05) is 115 Å². The standard InChI is InChI=1S/C39H32N2/c1-26(38-32-18-10-6-14-28(32)24-29-15-7-11-19-33(29)38)40-36-22-4-3-5-23-37(36)41-27(2)39-34-20-12-8-16-30(34)25-31-17-9-13-21-35(31)39/h3-27H,1-2H3,(H,40,41)/t26-,27-/m0/s1. The van der Waals surface area contributed by atoms with E-state index in [1.807, 2.05) is 0 Å². The van der Waals surface area contributed by atoms with Gasteiger partial charge in [-0.25, -0.2) is 0 Å². The molecule has 0 amide bonds. The Morgan fingerprint density at radius 1 is 0.463 bits per heavy atom. The molecule has 0 saturated carbocycles. The average Bonchev–Trinajstić information content (AvgIpc) is 3.22. The van der Waals surface area contributed by atoms with Crippen molar-refractivity contribution in [2.75, 3.05) is 5.32 Å². The number of hydrogen-bond acceptors (Lipinski definition) is 2. The second-order valence-corrected chi connectivity index (χ2v) is 10.8. The maximum atomic E-state index is 5.38. The van der Waals surface area contributed by atoms with Gasteiger partial charge in [0.15, 0.2) is 0 Å². The van der Waals surface area contributed by atoms with E-state index in [4.69, 9.17) is 4.99 Å². The molecule has 0 aliphatic heterocycles. The zero-order valence-corrected chi connectivity index (χ0v) is 23.4. The summed E-state index contributed by atoms with van der Waals surface area (Å²) < 4.78 is 0. The van der Waals surface area contributed by atoms with Crippen LogP contribution in [0.3, 0.4) is 0 Å². The van der Waals surface area contributed by atoms with Crippen molar-refractivity contribution in [1.29, 1.82) is 0 Å². The van der Waals surface area contributed by atoms with Gasteiger partial charge in [-0.2, -0.15) is 0 Å². The Morgan fingerprint density at radius 3 is 1.39 bits per heavy atom. The minimum atomic E-state index is -0.0392. The molecule has 2 heteroatoms. The molecule has 7 rings (SSSR count). The number of fused-ring (bicyclic) bond motifs is 4. The SMILES string of the molecule is C[C@H](N=c1cccccc1N[C@@H](C)c1c2ccccc2cc2ccccc12)c1c2ccccc2cc2ccccc12. The van der Waals surface area contributed by atoms with E-state index in [1.165, 1.54) is 54.2 Å². The maximum absolute atomic E-state index is 5.38. The van der Waals surface area contributed by atoms with Gasteiger partial charge >= 0.3 is 0 Å². The lowest BCUT2D eigenvalue weighted by molar-refractivity contribution is 0.802. The van der Waals surface area contributed by atoms with Crippen LogP contribution in [0.4, 0.5) is 5.69 Å². The van der Waals surface area contributed by atoms with Crippen molar-refractivity contribution in [1.82, 2.24) is 0 Å². The van der Waals surface area contributed by atoms with Gasteiger partial charge in [0.2, 0.25) is 0 Å². The smallest absolute Gasteiger partial charge is 0.0813 e. The van der Waals surface area contributed by atoms with Crippen LogP contribution in [0, 0.1) is 0 Å². The van der Waals surface area contributed by atoms with Crippen LogP contribution in [0.1, 0.15) is 37.1 Å². The Morgan fingerprint density at radius 2 is 0.878 bits per heavy atom. The average molecular weight is 529 g/mol. The Hall–Kier alpha value is -4.95. The number of hydrogen-bond donors (Lipinski definition) is 1. The van der Waals surface area contributed by atoms with Crippen LogP contribution in [-0.4, -0.2) is 0 Å². The summed E-state index contributed by atoms with van der Waals surface area (Å²) in [5, 5.41) is 14.9. The largest absolute Gasteiger partial charge is 0.377 e. The molecule has 0 aromatic heterocycles. The number of nitrogens with zero attached hydrogens (tertiary/aromatic N) is 1. The third-order valence-electron chi connectivity index (χ3n) is 8.20. The van der Waals surface area contributed by atoms with Gasteiger partial charge in [0, 0.05) is 6.04 Å². The van der Waals surface area contributed by atoms with E-state index < -0.39 is 0 Å². The first kappa shape index (κ1) is 25.0. The van der Waals surface area contributed by atoms with Crippen LogP contribution in [0.25, 0.3) is 43.1 Å². The molecule has 0 aliphatic carbocycles. The van der Waals surface area contributed by atoms with E-state index in [0.717, 1.165) is 11.0 Å². The van der Waals surface area contributed by atoms with E-state index >= 15 is 0 Å². The van der Waals surface area contributed by atoms with Crippen molar-refractivity contribution in [3.63, 3.8) is 0 Å². The van der Waals surface area contributed by atoms with E-state index in [-0.39, 0.29) is 12.1 Å². The van der Waals surface area contributed by atoms with E-state index in [9.17, 15) is 0 Å². The summed E-state index contributed by atoms with van der Waals surface area (Å²) in [4.78, 5) is 5.38. The second kappa shape index (κ2) is 10.6. The molecule has 1 N–H and O–H groups in total. The van der Waals surface area contributed by atoms with Gasteiger partial charge in [-0.3, -0.25) is 4.99 Å². The molecule has 0 aliphatic rings. The predicted molar refractivity (Wildman–Crippen MR) is 175 cm³/mol. The van der Waals surface area contributed by atoms with E-state index in [1.54, 1.807) is 0 Å². The summed E-state index contributed by atoms with van der Waals surface area (Å²) in [7, 11) is 0. The van der Waals surface area contributed by atoms with Crippen molar-refractivity contribution >= 4 is 48.8 Å². The fourth-order valence-corrected chi connectivity index (χ4v) is 6.37.